The molecule has 3 rings (SSSR count). The predicted octanol–water partition coefficient (Wildman–Crippen LogP) is 3.18. The summed E-state index contributed by atoms with van der Waals surface area (Å²) in [6.45, 7) is 0.879. The van der Waals surface area contributed by atoms with Gasteiger partial charge in [0, 0.05) is 11.3 Å². The van der Waals surface area contributed by atoms with E-state index < -0.39 is 0 Å². The van der Waals surface area contributed by atoms with Gasteiger partial charge in [0.25, 0.3) is 0 Å². The van der Waals surface area contributed by atoms with E-state index in [2.05, 4.69) is 10.6 Å². The average molecular weight is 284 g/mol. The molecule has 0 aromatic heterocycles. The Morgan fingerprint density at radius 2 is 2.05 bits per heavy atom. The summed E-state index contributed by atoms with van der Waals surface area (Å²) >= 11 is 0. The van der Waals surface area contributed by atoms with Crippen LogP contribution in [0.3, 0.4) is 0 Å². The first-order chi connectivity index (χ1) is 10.2. The second-order valence-corrected chi connectivity index (χ2v) is 5.19. The van der Waals surface area contributed by atoms with Gasteiger partial charge in [0.05, 0.1) is 6.04 Å². The number of para-hydroxylation sites is 1. The van der Waals surface area contributed by atoms with Crippen LogP contribution in [0.5, 0.6) is 0 Å². The van der Waals surface area contributed by atoms with Crippen LogP contribution in [0.25, 0.3) is 11.1 Å². The van der Waals surface area contributed by atoms with E-state index in [1.807, 2.05) is 30.3 Å². The maximum Gasteiger partial charge on any atom is 0.241 e. The van der Waals surface area contributed by atoms with Crippen LogP contribution < -0.4 is 10.6 Å². The third kappa shape index (κ3) is 3.11. The molecule has 108 valence electrons. The molecule has 0 bridgehead atoms. The van der Waals surface area contributed by atoms with Crippen molar-refractivity contribution in [3.63, 3.8) is 0 Å². The molecule has 3 nitrogen and oxygen atoms in total. The number of amides is 1. The maximum atomic E-state index is 13.4. The third-order valence-corrected chi connectivity index (χ3v) is 3.70. The fraction of sp³-hybridized carbons (Fsp3) is 0.235. The molecule has 1 atom stereocenters. The van der Waals surface area contributed by atoms with Crippen molar-refractivity contribution in [3.8, 4) is 11.1 Å². The Morgan fingerprint density at radius 1 is 1.19 bits per heavy atom. The van der Waals surface area contributed by atoms with Gasteiger partial charge in [-0.05, 0) is 43.1 Å². The fourth-order valence-corrected chi connectivity index (χ4v) is 2.63. The molecule has 1 fully saturated rings. The van der Waals surface area contributed by atoms with Crippen LogP contribution in [0.2, 0.25) is 0 Å². The van der Waals surface area contributed by atoms with Crippen molar-refractivity contribution in [2.45, 2.75) is 18.9 Å². The van der Waals surface area contributed by atoms with Gasteiger partial charge in [0.15, 0.2) is 0 Å². The minimum atomic E-state index is -0.286. The summed E-state index contributed by atoms with van der Waals surface area (Å²) in [4.78, 5) is 12.2. The minimum absolute atomic E-state index is 0.0312. The molecule has 1 heterocycles. The van der Waals surface area contributed by atoms with E-state index in [9.17, 15) is 9.18 Å². The minimum Gasteiger partial charge on any atom is -0.324 e. The Labute approximate surface area is 123 Å². The summed E-state index contributed by atoms with van der Waals surface area (Å²) < 4.78 is 13.4. The normalized spacial score (nSPS) is 17.7. The molecule has 0 radical (unpaired) electrons. The molecular formula is C17H17FN2O. The number of hydrogen-bond acceptors (Lipinski definition) is 2. The molecule has 1 aliphatic heterocycles. The van der Waals surface area contributed by atoms with Crippen LogP contribution in [-0.2, 0) is 4.79 Å². The van der Waals surface area contributed by atoms with Crippen LogP contribution in [0.15, 0.2) is 48.5 Å². The highest BCUT2D eigenvalue weighted by molar-refractivity contribution is 5.98. The van der Waals surface area contributed by atoms with Crippen LogP contribution in [0.4, 0.5) is 10.1 Å². The molecule has 0 unspecified atom stereocenters. The highest BCUT2D eigenvalue weighted by Gasteiger charge is 2.22. The maximum absolute atomic E-state index is 13.4. The second kappa shape index (κ2) is 6.06. The van der Waals surface area contributed by atoms with Crippen molar-refractivity contribution in [3.05, 3.63) is 54.3 Å². The zero-order valence-corrected chi connectivity index (χ0v) is 11.6. The molecule has 2 aromatic rings. The van der Waals surface area contributed by atoms with Gasteiger partial charge in [0.2, 0.25) is 5.91 Å². The molecule has 0 saturated carbocycles. The largest absolute Gasteiger partial charge is 0.324 e. The molecular weight excluding hydrogens is 267 g/mol. The van der Waals surface area contributed by atoms with Gasteiger partial charge >= 0.3 is 0 Å². The molecule has 2 N–H and O–H groups in total. The van der Waals surface area contributed by atoms with Crippen LogP contribution in [-0.4, -0.2) is 18.5 Å². The smallest absolute Gasteiger partial charge is 0.241 e. The lowest BCUT2D eigenvalue weighted by Crippen LogP contribution is -2.35. The zero-order chi connectivity index (χ0) is 14.7. The average Bonchev–Trinajstić information content (AvgIpc) is 3.02. The van der Waals surface area contributed by atoms with Crippen molar-refractivity contribution >= 4 is 11.6 Å². The highest BCUT2D eigenvalue weighted by atomic mass is 19.1. The molecule has 1 saturated heterocycles. The van der Waals surface area contributed by atoms with E-state index >= 15 is 0 Å². The Kier molecular flexibility index (Phi) is 3.97. The number of carbonyl (C=O) groups excluding carboxylic acids is 1. The van der Waals surface area contributed by atoms with E-state index in [0.29, 0.717) is 5.69 Å². The molecule has 4 heteroatoms. The molecule has 1 aliphatic rings. The van der Waals surface area contributed by atoms with E-state index in [1.165, 1.54) is 12.1 Å². The Bertz CT molecular complexity index is 651. The quantitative estimate of drug-likeness (QED) is 0.909. The van der Waals surface area contributed by atoms with Gasteiger partial charge in [-0.15, -0.1) is 0 Å². The van der Waals surface area contributed by atoms with E-state index in [0.717, 1.165) is 30.5 Å². The Hall–Kier alpha value is -2.20. The third-order valence-electron chi connectivity index (χ3n) is 3.70. The lowest BCUT2D eigenvalue weighted by molar-refractivity contribution is -0.117. The lowest BCUT2D eigenvalue weighted by atomic mass is 10.0. The molecule has 0 aliphatic carbocycles. The zero-order valence-electron chi connectivity index (χ0n) is 11.6. The van der Waals surface area contributed by atoms with Gasteiger partial charge in [-0.2, -0.15) is 0 Å². The van der Waals surface area contributed by atoms with Crippen molar-refractivity contribution in [2.24, 2.45) is 0 Å². The number of hydrogen-bond donors (Lipinski definition) is 2. The van der Waals surface area contributed by atoms with Crippen molar-refractivity contribution in [2.75, 3.05) is 11.9 Å². The predicted molar refractivity (Wildman–Crippen MR) is 81.5 cm³/mol. The number of halogens is 1. The van der Waals surface area contributed by atoms with Gasteiger partial charge in [0.1, 0.15) is 5.82 Å². The van der Waals surface area contributed by atoms with Crippen LogP contribution >= 0.6 is 0 Å². The van der Waals surface area contributed by atoms with Crippen molar-refractivity contribution < 1.29 is 9.18 Å². The summed E-state index contributed by atoms with van der Waals surface area (Å²) in [5.74, 6) is -0.317. The SMILES string of the molecule is O=C(Nc1ccccc1-c1cccc(F)c1)[C@@H]1CCCN1. The van der Waals surface area contributed by atoms with Crippen LogP contribution in [0.1, 0.15) is 12.8 Å². The molecule has 1 amide bonds. The number of anilines is 1. The molecule has 2 aromatic carbocycles. The number of benzene rings is 2. The number of nitrogens with one attached hydrogen (secondary N) is 2. The first kappa shape index (κ1) is 13.8. The molecule has 0 spiro atoms. The van der Waals surface area contributed by atoms with E-state index in [4.69, 9.17) is 0 Å². The summed E-state index contributed by atoms with van der Waals surface area (Å²) in [5.41, 5.74) is 2.29. The highest BCUT2D eigenvalue weighted by Crippen LogP contribution is 2.28. The van der Waals surface area contributed by atoms with Gasteiger partial charge in [-0.3, -0.25) is 4.79 Å². The van der Waals surface area contributed by atoms with Crippen molar-refractivity contribution in [1.29, 1.82) is 0 Å². The second-order valence-electron chi connectivity index (χ2n) is 5.19. The number of carbonyl (C=O) groups is 1. The van der Waals surface area contributed by atoms with E-state index in [-0.39, 0.29) is 17.8 Å². The standard InChI is InChI=1S/C17H17FN2O/c18-13-6-3-5-12(11-13)14-7-1-2-8-15(14)20-17(21)16-9-4-10-19-16/h1-3,5-8,11,16,19H,4,9-10H2,(H,20,21)/t16-/m0/s1. The van der Waals surface area contributed by atoms with Crippen LogP contribution in [0, 0.1) is 5.82 Å². The monoisotopic (exact) mass is 284 g/mol. The fourth-order valence-electron chi connectivity index (χ4n) is 2.63. The van der Waals surface area contributed by atoms with Gasteiger partial charge in [-0.25, -0.2) is 4.39 Å². The van der Waals surface area contributed by atoms with E-state index in [1.54, 1.807) is 6.07 Å². The van der Waals surface area contributed by atoms with Gasteiger partial charge < -0.3 is 10.6 Å². The Balaban J connectivity index is 1.87. The Morgan fingerprint density at radius 3 is 2.81 bits per heavy atom. The molecule has 21 heavy (non-hydrogen) atoms. The van der Waals surface area contributed by atoms with Gasteiger partial charge in [-0.1, -0.05) is 30.3 Å². The topological polar surface area (TPSA) is 41.1 Å². The lowest BCUT2D eigenvalue weighted by Gasteiger charge is -2.14. The summed E-state index contributed by atoms with van der Waals surface area (Å²) in [7, 11) is 0. The summed E-state index contributed by atoms with van der Waals surface area (Å²) in [6.07, 6.45) is 1.87. The number of rotatable bonds is 3. The first-order valence-corrected chi connectivity index (χ1v) is 7.13. The summed E-state index contributed by atoms with van der Waals surface area (Å²) in [5, 5.41) is 6.12. The summed E-state index contributed by atoms with van der Waals surface area (Å²) in [6, 6.07) is 13.7. The van der Waals surface area contributed by atoms with Crippen molar-refractivity contribution in [1.82, 2.24) is 5.32 Å². The first-order valence-electron chi connectivity index (χ1n) is 7.13.